The lowest BCUT2D eigenvalue weighted by Gasteiger charge is -2.11. The Morgan fingerprint density at radius 2 is 2.16 bits per heavy atom. The van der Waals surface area contributed by atoms with E-state index in [1.165, 1.54) is 13.2 Å². The Bertz CT molecular complexity index is 610. The molecule has 5 heteroatoms. The zero-order chi connectivity index (χ0) is 13.8. The quantitative estimate of drug-likeness (QED) is 0.896. The van der Waals surface area contributed by atoms with E-state index in [-0.39, 0.29) is 5.69 Å². The van der Waals surface area contributed by atoms with Crippen LogP contribution in [0.1, 0.15) is 23.8 Å². The molecule has 0 spiro atoms. The Kier molecular flexibility index (Phi) is 3.85. The van der Waals surface area contributed by atoms with Crippen LogP contribution in [0.15, 0.2) is 24.3 Å². The average molecular weight is 261 g/mol. The molecule has 1 heterocycles. The molecule has 0 aliphatic rings. The summed E-state index contributed by atoms with van der Waals surface area (Å²) in [5, 5.41) is 9.81. The monoisotopic (exact) mass is 261 g/mol. The van der Waals surface area contributed by atoms with Crippen molar-refractivity contribution in [3.05, 3.63) is 30.0 Å². The third kappa shape index (κ3) is 2.59. The summed E-state index contributed by atoms with van der Waals surface area (Å²) in [6, 6.07) is 6.84. The minimum Gasteiger partial charge on any atom is -0.496 e. The van der Waals surface area contributed by atoms with Crippen molar-refractivity contribution >= 4 is 16.9 Å². The molecule has 0 aliphatic carbocycles. The normalized spacial score (nSPS) is 10.4. The second kappa shape index (κ2) is 5.56. The van der Waals surface area contributed by atoms with E-state index in [1.807, 2.05) is 19.1 Å². The lowest BCUT2D eigenvalue weighted by atomic mass is 10.1. The van der Waals surface area contributed by atoms with E-state index in [1.54, 1.807) is 6.07 Å². The molecule has 100 valence electrons. The van der Waals surface area contributed by atoms with E-state index in [0.717, 1.165) is 11.8 Å². The first-order valence-corrected chi connectivity index (χ1v) is 6.01. The van der Waals surface area contributed by atoms with Gasteiger partial charge in [-0.2, -0.15) is 0 Å². The molecule has 0 aliphatic heterocycles. The van der Waals surface area contributed by atoms with Gasteiger partial charge in [-0.25, -0.2) is 9.78 Å². The molecule has 0 saturated carbocycles. The maximum atomic E-state index is 11.1. The van der Waals surface area contributed by atoms with E-state index < -0.39 is 5.97 Å². The summed E-state index contributed by atoms with van der Waals surface area (Å²) < 4.78 is 10.8. The lowest BCUT2D eigenvalue weighted by Crippen LogP contribution is -2.03. The highest BCUT2D eigenvalue weighted by molar-refractivity contribution is 5.95. The number of carboxylic acid groups (broad SMARTS) is 1. The molecule has 5 nitrogen and oxygen atoms in total. The molecule has 0 atom stereocenters. The molecule has 2 rings (SSSR count). The lowest BCUT2D eigenvalue weighted by molar-refractivity contribution is 0.0690. The molecule has 1 aromatic carbocycles. The highest BCUT2D eigenvalue weighted by Crippen LogP contribution is 2.31. The zero-order valence-electron chi connectivity index (χ0n) is 10.8. The van der Waals surface area contributed by atoms with E-state index in [9.17, 15) is 4.79 Å². The number of hydrogen-bond donors (Lipinski definition) is 1. The predicted octanol–water partition coefficient (Wildman–Crippen LogP) is 2.73. The number of carboxylic acids is 1. The Morgan fingerprint density at radius 3 is 2.79 bits per heavy atom. The van der Waals surface area contributed by atoms with Crippen molar-refractivity contribution < 1.29 is 19.4 Å². The molecule has 0 saturated heterocycles. The van der Waals surface area contributed by atoms with Gasteiger partial charge in [0.15, 0.2) is 5.69 Å². The van der Waals surface area contributed by atoms with Crippen molar-refractivity contribution in [1.29, 1.82) is 0 Å². The van der Waals surface area contributed by atoms with E-state index in [4.69, 9.17) is 14.6 Å². The van der Waals surface area contributed by atoms with Gasteiger partial charge in [-0.3, -0.25) is 0 Å². The molecule has 1 aromatic heterocycles. The largest absolute Gasteiger partial charge is 0.496 e. The van der Waals surface area contributed by atoms with Crippen molar-refractivity contribution in [3.63, 3.8) is 0 Å². The number of aromatic nitrogens is 1. The number of carbonyl (C=O) groups is 1. The fourth-order valence-electron chi connectivity index (χ4n) is 1.80. The zero-order valence-corrected chi connectivity index (χ0v) is 10.8. The van der Waals surface area contributed by atoms with Crippen LogP contribution in [0.2, 0.25) is 0 Å². The molecule has 0 unspecified atom stereocenters. The van der Waals surface area contributed by atoms with E-state index in [2.05, 4.69) is 4.98 Å². The second-order valence-corrected chi connectivity index (χ2v) is 4.02. The molecule has 0 radical (unpaired) electrons. The van der Waals surface area contributed by atoms with Crippen molar-refractivity contribution in [2.45, 2.75) is 13.3 Å². The predicted molar refractivity (Wildman–Crippen MR) is 71.0 cm³/mol. The van der Waals surface area contributed by atoms with Crippen molar-refractivity contribution in [2.24, 2.45) is 0 Å². The Morgan fingerprint density at radius 1 is 1.37 bits per heavy atom. The maximum absolute atomic E-state index is 11.1. The summed E-state index contributed by atoms with van der Waals surface area (Å²) in [5.74, 6) is -0.0457. The SMILES string of the molecule is CCCOc1cccc2c(OC)cc(C(=O)O)nc12. The van der Waals surface area contributed by atoms with Crippen LogP contribution in [0, 0.1) is 0 Å². The highest BCUT2D eigenvalue weighted by atomic mass is 16.5. The van der Waals surface area contributed by atoms with Crippen LogP contribution in [0.4, 0.5) is 0 Å². The van der Waals surface area contributed by atoms with E-state index in [0.29, 0.717) is 23.6 Å². The first kappa shape index (κ1) is 13.1. The van der Waals surface area contributed by atoms with Gasteiger partial charge in [0.05, 0.1) is 13.7 Å². The van der Waals surface area contributed by atoms with Crippen molar-refractivity contribution in [3.8, 4) is 11.5 Å². The third-order valence-corrected chi connectivity index (χ3v) is 2.67. The number of aromatic carboxylic acids is 1. The molecule has 1 N–H and O–H groups in total. The molecular weight excluding hydrogens is 246 g/mol. The average Bonchev–Trinajstić information content (AvgIpc) is 2.43. The molecule has 19 heavy (non-hydrogen) atoms. The molecule has 0 bridgehead atoms. The van der Waals surface area contributed by atoms with Gasteiger partial charge < -0.3 is 14.6 Å². The Hall–Kier alpha value is -2.30. The highest BCUT2D eigenvalue weighted by Gasteiger charge is 2.14. The molecule has 0 fully saturated rings. The van der Waals surface area contributed by atoms with Gasteiger partial charge in [0.2, 0.25) is 0 Å². The van der Waals surface area contributed by atoms with Crippen molar-refractivity contribution in [2.75, 3.05) is 13.7 Å². The fraction of sp³-hybridized carbons (Fsp3) is 0.286. The summed E-state index contributed by atoms with van der Waals surface area (Å²) in [7, 11) is 1.50. The minimum absolute atomic E-state index is 0.0584. The summed E-state index contributed by atoms with van der Waals surface area (Å²) in [5.41, 5.74) is 0.449. The summed E-state index contributed by atoms with van der Waals surface area (Å²) in [6.07, 6.45) is 0.867. The Balaban J connectivity index is 2.64. The number of benzene rings is 1. The van der Waals surface area contributed by atoms with Crippen LogP contribution in [0.25, 0.3) is 10.9 Å². The van der Waals surface area contributed by atoms with Gasteiger partial charge >= 0.3 is 5.97 Å². The Labute approximate surface area is 110 Å². The van der Waals surface area contributed by atoms with Gasteiger partial charge in [-0.15, -0.1) is 0 Å². The number of nitrogens with zero attached hydrogens (tertiary/aromatic N) is 1. The number of pyridine rings is 1. The number of para-hydroxylation sites is 1. The van der Waals surface area contributed by atoms with E-state index >= 15 is 0 Å². The van der Waals surface area contributed by atoms with Gasteiger partial charge in [0.25, 0.3) is 0 Å². The summed E-state index contributed by atoms with van der Waals surface area (Å²) in [6.45, 7) is 2.56. The van der Waals surface area contributed by atoms with Crippen LogP contribution in [-0.4, -0.2) is 29.8 Å². The topological polar surface area (TPSA) is 68.7 Å². The number of fused-ring (bicyclic) bond motifs is 1. The van der Waals surface area contributed by atoms with Crippen LogP contribution in [0.3, 0.4) is 0 Å². The van der Waals surface area contributed by atoms with Gasteiger partial charge in [0, 0.05) is 11.5 Å². The van der Waals surface area contributed by atoms with Crippen LogP contribution < -0.4 is 9.47 Å². The number of rotatable bonds is 5. The number of hydrogen-bond acceptors (Lipinski definition) is 4. The summed E-state index contributed by atoms with van der Waals surface area (Å²) >= 11 is 0. The third-order valence-electron chi connectivity index (χ3n) is 2.67. The summed E-state index contributed by atoms with van der Waals surface area (Å²) in [4.78, 5) is 15.2. The first-order valence-electron chi connectivity index (χ1n) is 6.01. The number of methoxy groups -OCH3 is 1. The molecule has 0 amide bonds. The number of ether oxygens (including phenoxy) is 2. The van der Waals surface area contributed by atoms with Gasteiger partial charge in [-0.1, -0.05) is 13.0 Å². The second-order valence-electron chi connectivity index (χ2n) is 4.02. The van der Waals surface area contributed by atoms with Gasteiger partial charge in [-0.05, 0) is 18.6 Å². The molecular formula is C14H15NO4. The van der Waals surface area contributed by atoms with Crippen molar-refractivity contribution in [1.82, 2.24) is 4.98 Å². The molecule has 2 aromatic rings. The first-order chi connectivity index (χ1) is 9.17. The van der Waals surface area contributed by atoms with Crippen LogP contribution in [-0.2, 0) is 0 Å². The smallest absolute Gasteiger partial charge is 0.354 e. The maximum Gasteiger partial charge on any atom is 0.354 e. The minimum atomic E-state index is -1.09. The van der Waals surface area contributed by atoms with Crippen LogP contribution >= 0.6 is 0 Å². The van der Waals surface area contributed by atoms with Gasteiger partial charge in [0.1, 0.15) is 17.0 Å². The fourth-order valence-corrected chi connectivity index (χ4v) is 1.80. The van der Waals surface area contributed by atoms with Crippen LogP contribution in [0.5, 0.6) is 11.5 Å². The standard InChI is InChI=1S/C14H15NO4/c1-3-7-19-11-6-4-5-9-12(18-2)8-10(14(16)17)15-13(9)11/h4-6,8H,3,7H2,1-2H3,(H,16,17).